The Hall–Kier alpha value is -1.73. The average molecular weight is 282 g/mol. The molecule has 0 fully saturated rings. The summed E-state index contributed by atoms with van der Waals surface area (Å²) < 4.78 is 10.7. The molecule has 1 rings (SSSR count). The van der Waals surface area contributed by atoms with Crippen LogP contribution in [0.25, 0.3) is 0 Å². The van der Waals surface area contributed by atoms with Crippen LogP contribution in [0.2, 0.25) is 5.02 Å². The molecule has 0 unspecified atom stereocenters. The number of methoxy groups -OCH3 is 1. The fraction of sp³-hybridized carbons (Fsp3) is 0.429. The number of rotatable bonds is 6. The minimum absolute atomic E-state index is 0.316. The lowest BCUT2D eigenvalue weighted by atomic mass is 9.92. The monoisotopic (exact) mass is 281 g/mol. The molecule has 0 N–H and O–H groups in total. The van der Waals surface area contributed by atoms with Crippen LogP contribution >= 0.6 is 11.6 Å². The molecule has 0 atom stereocenters. The van der Waals surface area contributed by atoms with Crippen LogP contribution in [0.4, 0.5) is 0 Å². The van der Waals surface area contributed by atoms with Gasteiger partial charge in [0.15, 0.2) is 11.5 Å². The smallest absolute Gasteiger partial charge is 0.179 e. The summed E-state index contributed by atoms with van der Waals surface area (Å²) in [6.45, 7) is 4.02. The molecule has 19 heavy (non-hydrogen) atoms. The maximum atomic E-state index is 10.7. The molecule has 0 saturated carbocycles. The molecule has 5 heteroatoms. The SMILES string of the molecule is COc1cc(C=O)cc(Cl)c1OCCC(C)(C)C#N. The Balaban J connectivity index is 2.84. The van der Waals surface area contributed by atoms with Crippen molar-refractivity contribution in [3.05, 3.63) is 22.7 Å². The van der Waals surface area contributed by atoms with Gasteiger partial charge in [0.05, 0.1) is 30.2 Å². The van der Waals surface area contributed by atoms with Crippen LogP contribution < -0.4 is 9.47 Å². The van der Waals surface area contributed by atoms with E-state index < -0.39 is 5.41 Å². The predicted molar refractivity (Wildman–Crippen MR) is 72.9 cm³/mol. The molecule has 4 nitrogen and oxygen atoms in total. The summed E-state index contributed by atoms with van der Waals surface area (Å²) in [5, 5.41) is 9.24. The van der Waals surface area contributed by atoms with Crippen LogP contribution in [0.3, 0.4) is 0 Å². The Morgan fingerprint density at radius 2 is 2.16 bits per heavy atom. The summed E-state index contributed by atoms with van der Waals surface area (Å²) in [4.78, 5) is 10.7. The third kappa shape index (κ3) is 4.15. The molecule has 102 valence electrons. The van der Waals surface area contributed by atoms with E-state index in [2.05, 4.69) is 6.07 Å². The van der Waals surface area contributed by atoms with Crippen molar-refractivity contribution in [3.63, 3.8) is 0 Å². The highest BCUT2D eigenvalue weighted by molar-refractivity contribution is 6.32. The maximum absolute atomic E-state index is 10.7. The molecule has 1 aromatic rings. The molecule has 0 saturated heterocycles. The number of hydrogen-bond donors (Lipinski definition) is 0. The first-order valence-electron chi connectivity index (χ1n) is 5.80. The zero-order chi connectivity index (χ0) is 14.5. The normalized spacial score (nSPS) is 10.7. The Labute approximate surface area is 117 Å². The third-order valence-corrected chi connectivity index (χ3v) is 2.94. The highest BCUT2D eigenvalue weighted by Gasteiger charge is 2.18. The Bertz CT molecular complexity index is 506. The van der Waals surface area contributed by atoms with Crippen molar-refractivity contribution in [1.29, 1.82) is 5.26 Å². The number of halogens is 1. The first-order chi connectivity index (χ1) is 8.93. The van der Waals surface area contributed by atoms with Gasteiger partial charge in [0.1, 0.15) is 6.29 Å². The second kappa shape index (κ2) is 6.44. The topological polar surface area (TPSA) is 59.3 Å². The number of aldehydes is 1. The van der Waals surface area contributed by atoms with Gasteiger partial charge in [-0.25, -0.2) is 0 Å². The standard InChI is InChI=1S/C14H16ClNO3/c1-14(2,9-16)4-5-19-13-11(15)6-10(8-17)7-12(13)18-3/h6-8H,4-5H2,1-3H3. The van der Waals surface area contributed by atoms with Gasteiger partial charge in [0, 0.05) is 5.56 Å². The fourth-order valence-corrected chi connectivity index (χ4v) is 1.69. The van der Waals surface area contributed by atoms with Crippen molar-refractivity contribution in [2.24, 2.45) is 5.41 Å². The van der Waals surface area contributed by atoms with E-state index in [1.165, 1.54) is 13.2 Å². The second-order valence-corrected chi connectivity index (χ2v) is 5.15. The number of carbonyl (C=O) groups excluding carboxylic acids is 1. The molecule has 0 amide bonds. The van der Waals surface area contributed by atoms with E-state index in [-0.39, 0.29) is 0 Å². The van der Waals surface area contributed by atoms with E-state index in [1.54, 1.807) is 6.07 Å². The summed E-state index contributed by atoms with van der Waals surface area (Å²) in [7, 11) is 1.48. The zero-order valence-electron chi connectivity index (χ0n) is 11.2. The lowest BCUT2D eigenvalue weighted by Crippen LogP contribution is -2.13. The van der Waals surface area contributed by atoms with Crippen molar-refractivity contribution < 1.29 is 14.3 Å². The van der Waals surface area contributed by atoms with Gasteiger partial charge in [-0.2, -0.15) is 5.26 Å². The Morgan fingerprint density at radius 3 is 2.68 bits per heavy atom. The zero-order valence-corrected chi connectivity index (χ0v) is 12.0. The molecule has 0 aromatic heterocycles. The molecule has 0 bridgehead atoms. The highest BCUT2D eigenvalue weighted by atomic mass is 35.5. The number of benzene rings is 1. The van der Waals surface area contributed by atoms with Crippen LogP contribution in [0.15, 0.2) is 12.1 Å². The molecule has 0 aliphatic heterocycles. The molecule has 0 heterocycles. The van der Waals surface area contributed by atoms with Gasteiger partial charge in [-0.15, -0.1) is 0 Å². The minimum Gasteiger partial charge on any atom is -0.493 e. The van der Waals surface area contributed by atoms with Gasteiger partial charge in [0.2, 0.25) is 0 Å². The van der Waals surface area contributed by atoms with Crippen LogP contribution in [-0.2, 0) is 0 Å². The van der Waals surface area contributed by atoms with E-state index >= 15 is 0 Å². The van der Waals surface area contributed by atoms with Gasteiger partial charge in [-0.3, -0.25) is 4.79 Å². The van der Waals surface area contributed by atoms with E-state index in [4.69, 9.17) is 26.3 Å². The molecular formula is C14H16ClNO3. The largest absolute Gasteiger partial charge is 0.493 e. The predicted octanol–water partition coefficient (Wildman–Crippen LogP) is 3.48. The van der Waals surface area contributed by atoms with E-state index in [1.807, 2.05) is 13.8 Å². The molecular weight excluding hydrogens is 266 g/mol. The molecule has 0 spiro atoms. The van der Waals surface area contributed by atoms with Crippen LogP contribution in [0.1, 0.15) is 30.6 Å². The first kappa shape index (κ1) is 15.3. The first-order valence-corrected chi connectivity index (χ1v) is 6.18. The molecule has 0 aliphatic carbocycles. The summed E-state index contributed by atoms with van der Waals surface area (Å²) in [5.41, 5.74) is -0.0332. The number of nitriles is 1. The Morgan fingerprint density at radius 1 is 1.47 bits per heavy atom. The van der Waals surface area contributed by atoms with E-state index in [0.717, 1.165) is 0 Å². The minimum atomic E-state index is -0.456. The van der Waals surface area contributed by atoms with Crippen molar-refractivity contribution >= 4 is 17.9 Å². The summed E-state index contributed by atoms with van der Waals surface area (Å²) in [6.07, 6.45) is 1.26. The van der Waals surface area contributed by atoms with Gasteiger partial charge in [0.25, 0.3) is 0 Å². The molecule has 0 aliphatic rings. The number of nitrogens with zero attached hydrogens (tertiary/aromatic N) is 1. The van der Waals surface area contributed by atoms with Crippen LogP contribution in [0, 0.1) is 16.7 Å². The van der Waals surface area contributed by atoms with E-state index in [0.29, 0.717) is 41.4 Å². The van der Waals surface area contributed by atoms with Crippen molar-refractivity contribution in [1.82, 2.24) is 0 Å². The van der Waals surface area contributed by atoms with Gasteiger partial charge in [-0.05, 0) is 32.4 Å². The number of carbonyl (C=O) groups is 1. The summed E-state index contributed by atoms with van der Waals surface area (Å²) in [5.74, 6) is 0.799. The van der Waals surface area contributed by atoms with Crippen molar-refractivity contribution in [2.75, 3.05) is 13.7 Å². The maximum Gasteiger partial charge on any atom is 0.179 e. The van der Waals surface area contributed by atoms with Gasteiger partial charge in [-0.1, -0.05) is 11.6 Å². The van der Waals surface area contributed by atoms with Crippen molar-refractivity contribution in [3.8, 4) is 17.6 Å². The lowest BCUT2D eigenvalue weighted by Gasteiger charge is -2.17. The summed E-state index contributed by atoms with van der Waals surface area (Å²) in [6, 6.07) is 5.27. The van der Waals surface area contributed by atoms with Crippen LogP contribution in [0.5, 0.6) is 11.5 Å². The summed E-state index contributed by atoms with van der Waals surface area (Å²) >= 11 is 6.05. The third-order valence-electron chi connectivity index (χ3n) is 2.66. The quantitative estimate of drug-likeness (QED) is 0.749. The van der Waals surface area contributed by atoms with E-state index in [9.17, 15) is 4.79 Å². The number of hydrogen-bond acceptors (Lipinski definition) is 4. The Kier molecular flexibility index (Phi) is 5.20. The molecule has 0 radical (unpaired) electrons. The molecule has 1 aromatic carbocycles. The van der Waals surface area contributed by atoms with Gasteiger partial charge >= 0.3 is 0 Å². The second-order valence-electron chi connectivity index (χ2n) is 4.75. The lowest BCUT2D eigenvalue weighted by molar-refractivity contribution is 0.112. The average Bonchev–Trinajstić information content (AvgIpc) is 2.39. The number of ether oxygens (including phenoxy) is 2. The van der Waals surface area contributed by atoms with Crippen molar-refractivity contribution in [2.45, 2.75) is 20.3 Å². The fourth-order valence-electron chi connectivity index (χ4n) is 1.41. The van der Waals surface area contributed by atoms with Gasteiger partial charge < -0.3 is 9.47 Å². The van der Waals surface area contributed by atoms with Crippen LogP contribution in [-0.4, -0.2) is 20.0 Å². The highest BCUT2D eigenvalue weighted by Crippen LogP contribution is 2.36.